The third-order valence-electron chi connectivity index (χ3n) is 2.09. The van der Waals surface area contributed by atoms with Crippen LogP contribution < -0.4 is 5.73 Å². The maximum atomic E-state index is 10.5. The Bertz CT molecular complexity index is 330. The second-order valence-corrected chi connectivity index (χ2v) is 3.26. The maximum absolute atomic E-state index is 10.5. The minimum Gasteiger partial charge on any atom is -0.390 e. The van der Waals surface area contributed by atoms with Gasteiger partial charge in [-0.05, 0) is 19.0 Å². The molecular formula is C10H14N2O3. The molecule has 1 aromatic rings. The van der Waals surface area contributed by atoms with Gasteiger partial charge in [0.1, 0.15) is 6.10 Å². The average Bonchev–Trinajstić information content (AvgIpc) is 2.28. The van der Waals surface area contributed by atoms with Crippen molar-refractivity contribution in [2.45, 2.75) is 18.6 Å². The fourth-order valence-corrected chi connectivity index (χ4v) is 1.25. The molecule has 0 spiro atoms. The zero-order valence-electron chi connectivity index (χ0n) is 8.21. The van der Waals surface area contributed by atoms with E-state index < -0.39 is 12.2 Å². The number of nitrogens with two attached hydrogens (primary N) is 1. The van der Waals surface area contributed by atoms with E-state index in [0.717, 1.165) is 0 Å². The average molecular weight is 210 g/mol. The molecule has 1 aromatic heterocycles. The Morgan fingerprint density at radius 1 is 1.47 bits per heavy atom. The quantitative estimate of drug-likeness (QED) is 0.576. The lowest BCUT2D eigenvalue weighted by Crippen LogP contribution is -2.22. The largest absolute Gasteiger partial charge is 0.390 e. The first-order valence-corrected chi connectivity index (χ1v) is 4.65. The van der Waals surface area contributed by atoms with Gasteiger partial charge in [-0.2, -0.15) is 0 Å². The third-order valence-corrected chi connectivity index (χ3v) is 2.09. The number of aldehydes is 1. The molecule has 2 atom stereocenters. The highest BCUT2D eigenvalue weighted by molar-refractivity contribution is 5.74. The smallest absolute Gasteiger partial charge is 0.151 e. The molecule has 4 N–H and O–H groups in total. The number of aliphatic hydroxyl groups excluding tert-OH is 2. The topological polar surface area (TPSA) is 96.4 Å². The molecule has 0 aromatic carbocycles. The number of rotatable bonds is 5. The number of aliphatic hydroxyl groups is 2. The van der Waals surface area contributed by atoms with Gasteiger partial charge in [0.05, 0.1) is 6.10 Å². The number of pyridine rings is 1. The van der Waals surface area contributed by atoms with Crippen molar-refractivity contribution in [2.75, 3.05) is 6.54 Å². The van der Waals surface area contributed by atoms with E-state index in [4.69, 9.17) is 5.73 Å². The van der Waals surface area contributed by atoms with Gasteiger partial charge in [0.15, 0.2) is 6.29 Å². The van der Waals surface area contributed by atoms with Crippen molar-refractivity contribution < 1.29 is 15.0 Å². The Kier molecular flexibility index (Phi) is 4.36. The van der Waals surface area contributed by atoms with Crippen molar-refractivity contribution >= 4 is 6.29 Å². The Balaban J connectivity index is 2.80. The van der Waals surface area contributed by atoms with Crippen molar-refractivity contribution in [3.05, 3.63) is 29.6 Å². The highest BCUT2D eigenvalue weighted by Crippen LogP contribution is 2.18. The van der Waals surface area contributed by atoms with Gasteiger partial charge < -0.3 is 15.9 Å². The van der Waals surface area contributed by atoms with E-state index in [1.165, 1.54) is 18.5 Å². The molecule has 1 heterocycles. The number of aromatic nitrogens is 1. The van der Waals surface area contributed by atoms with Crippen LogP contribution in [0.3, 0.4) is 0 Å². The molecule has 5 nitrogen and oxygen atoms in total. The molecule has 0 aliphatic heterocycles. The SMILES string of the molecule is NCCC(O)C(O)c1cncc(C=O)c1. The van der Waals surface area contributed by atoms with Crippen molar-refractivity contribution in [3.63, 3.8) is 0 Å². The summed E-state index contributed by atoms with van der Waals surface area (Å²) >= 11 is 0. The van der Waals surface area contributed by atoms with Crippen LogP contribution in [0, 0.1) is 0 Å². The van der Waals surface area contributed by atoms with E-state index in [1.807, 2.05) is 0 Å². The third kappa shape index (κ3) is 3.09. The van der Waals surface area contributed by atoms with Crippen LogP contribution in [-0.4, -0.2) is 34.1 Å². The molecule has 0 bridgehead atoms. The molecule has 82 valence electrons. The molecule has 0 aliphatic carbocycles. The molecule has 0 amide bonds. The van der Waals surface area contributed by atoms with Gasteiger partial charge in [-0.25, -0.2) is 0 Å². The van der Waals surface area contributed by atoms with Crippen LogP contribution in [0.25, 0.3) is 0 Å². The van der Waals surface area contributed by atoms with E-state index in [-0.39, 0.29) is 0 Å². The summed E-state index contributed by atoms with van der Waals surface area (Å²) in [6, 6.07) is 1.49. The number of nitrogens with zero attached hydrogens (tertiary/aromatic N) is 1. The first-order chi connectivity index (χ1) is 7.19. The lowest BCUT2D eigenvalue weighted by molar-refractivity contribution is 0.0148. The zero-order chi connectivity index (χ0) is 11.3. The lowest BCUT2D eigenvalue weighted by Gasteiger charge is -2.17. The molecule has 0 saturated heterocycles. The number of hydrogen-bond acceptors (Lipinski definition) is 5. The van der Waals surface area contributed by atoms with Gasteiger partial charge in [0.2, 0.25) is 0 Å². The van der Waals surface area contributed by atoms with Crippen LogP contribution in [0.5, 0.6) is 0 Å². The summed E-state index contributed by atoms with van der Waals surface area (Å²) in [6.45, 7) is 0.291. The van der Waals surface area contributed by atoms with Crippen LogP contribution in [0.15, 0.2) is 18.5 Å². The monoisotopic (exact) mass is 210 g/mol. The molecule has 0 radical (unpaired) electrons. The number of hydrogen-bond donors (Lipinski definition) is 3. The van der Waals surface area contributed by atoms with E-state index in [0.29, 0.717) is 30.4 Å². The fraction of sp³-hybridized carbons (Fsp3) is 0.400. The molecule has 0 fully saturated rings. The van der Waals surface area contributed by atoms with Crippen molar-refractivity contribution in [1.29, 1.82) is 0 Å². The standard InChI is InChI=1S/C10H14N2O3/c11-2-1-9(14)10(15)8-3-7(6-13)4-12-5-8/h3-6,9-10,14-15H,1-2,11H2. The predicted octanol–water partition coefficient (Wildman–Crippen LogP) is -0.363. The summed E-state index contributed by atoms with van der Waals surface area (Å²) in [7, 11) is 0. The first-order valence-electron chi connectivity index (χ1n) is 4.65. The number of carbonyl (C=O) groups excluding carboxylic acids is 1. The number of carbonyl (C=O) groups is 1. The van der Waals surface area contributed by atoms with E-state index in [1.54, 1.807) is 0 Å². The van der Waals surface area contributed by atoms with Gasteiger partial charge in [-0.1, -0.05) is 0 Å². The summed E-state index contributed by atoms with van der Waals surface area (Å²) in [5.41, 5.74) is 6.04. The van der Waals surface area contributed by atoms with Gasteiger partial charge in [-0.3, -0.25) is 9.78 Å². The minimum atomic E-state index is -1.05. The first kappa shape index (κ1) is 11.8. The molecule has 1 rings (SSSR count). The van der Waals surface area contributed by atoms with Crippen LogP contribution in [0.1, 0.15) is 28.4 Å². The van der Waals surface area contributed by atoms with E-state index in [9.17, 15) is 15.0 Å². The van der Waals surface area contributed by atoms with Crippen LogP contribution >= 0.6 is 0 Å². The maximum Gasteiger partial charge on any atom is 0.151 e. The van der Waals surface area contributed by atoms with Gasteiger partial charge >= 0.3 is 0 Å². The summed E-state index contributed by atoms with van der Waals surface area (Å²) in [6.07, 6.45) is 1.75. The minimum absolute atomic E-state index is 0.291. The van der Waals surface area contributed by atoms with Crippen molar-refractivity contribution in [1.82, 2.24) is 4.98 Å². The van der Waals surface area contributed by atoms with Crippen LogP contribution in [0.4, 0.5) is 0 Å². The van der Waals surface area contributed by atoms with Crippen LogP contribution in [0.2, 0.25) is 0 Å². The Morgan fingerprint density at radius 3 is 2.80 bits per heavy atom. The van der Waals surface area contributed by atoms with E-state index in [2.05, 4.69) is 4.98 Å². The molecule has 2 unspecified atom stereocenters. The highest BCUT2D eigenvalue weighted by Gasteiger charge is 2.17. The summed E-state index contributed by atoms with van der Waals surface area (Å²) in [5.74, 6) is 0. The molecule has 5 heteroatoms. The Morgan fingerprint density at radius 2 is 2.20 bits per heavy atom. The predicted molar refractivity (Wildman–Crippen MR) is 54.3 cm³/mol. The molecule has 15 heavy (non-hydrogen) atoms. The normalized spacial score (nSPS) is 14.6. The van der Waals surface area contributed by atoms with Crippen molar-refractivity contribution in [3.8, 4) is 0 Å². The van der Waals surface area contributed by atoms with Crippen LogP contribution in [-0.2, 0) is 0 Å². The van der Waals surface area contributed by atoms with E-state index >= 15 is 0 Å². The lowest BCUT2D eigenvalue weighted by atomic mass is 10.0. The summed E-state index contributed by atoms with van der Waals surface area (Å²) < 4.78 is 0. The second kappa shape index (κ2) is 5.55. The van der Waals surface area contributed by atoms with Gasteiger partial charge in [0, 0.05) is 23.5 Å². The molecular weight excluding hydrogens is 196 g/mol. The van der Waals surface area contributed by atoms with Crippen molar-refractivity contribution in [2.24, 2.45) is 5.73 Å². The van der Waals surface area contributed by atoms with Gasteiger partial charge in [0.25, 0.3) is 0 Å². The Hall–Kier alpha value is -1.30. The summed E-state index contributed by atoms with van der Waals surface area (Å²) in [5, 5.41) is 19.2. The molecule has 0 aliphatic rings. The fourth-order valence-electron chi connectivity index (χ4n) is 1.25. The Labute approximate surface area is 87.6 Å². The zero-order valence-corrected chi connectivity index (χ0v) is 8.21. The highest BCUT2D eigenvalue weighted by atomic mass is 16.3. The second-order valence-electron chi connectivity index (χ2n) is 3.26. The molecule has 0 saturated carbocycles. The summed E-state index contributed by atoms with van der Waals surface area (Å²) in [4.78, 5) is 14.3. The van der Waals surface area contributed by atoms with Gasteiger partial charge in [-0.15, -0.1) is 0 Å².